The van der Waals surface area contributed by atoms with Gasteiger partial charge in [-0.25, -0.2) is 0 Å². The van der Waals surface area contributed by atoms with Crippen LogP contribution in [0, 0.1) is 6.92 Å². The van der Waals surface area contributed by atoms with Crippen molar-refractivity contribution in [2.45, 2.75) is 19.8 Å². The number of aromatic nitrogens is 1. The van der Waals surface area contributed by atoms with E-state index in [-0.39, 0.29) is 5.91 Å². The molecule has 1 N–H and O–H groups in total. The van der Waals surface area contributed by atoms with E-state index in [0.29, 0.717) is 22.0 Å². The molecule has 1 aromatic carbocycles. The summed E-state index contributed by atoms with van der Waals surface area (Å²) in [6.07, 6.45) is 5.73. The van der Waals surface area contributed by atoms with E-state index in [1.165, 1.54) is 12.8 Å². The van der Waals surface area contributed by atoms with Crippen molar-refractivity contribution in [3.8, 4) is 5.75 Å². The lowest BCUT2D eigenvalue weighted by molar-refractivity contribution is 0.102. The van der Waals surface area contributed by atoms with Crippen molar-refractivity contribution in [2.24, 2.45) is 0 Å². The van der Waals surface area contributed by atoms with Crippen LogP contribution in [0.25, 0.3) is 0 Å². The number of anilines is 2. The summed E-state index contributed by atoms with van der Waals surface area (Å²) in [6.45, 7) is 3.90. The fraction of sp³-hybridized carbons (Fsp3) is 0.333. The van der Waals surface area contributed by atoms with E-state index in [0.717, 1.165) is 24.3 Å². The van der Waals surface area contributed by atoms with Crippen LogP contribution in [0.5, 0.6) is 5.75 Å². The number of ether oxygens (including phenoxy) is 1. The number of carbonyl (C=O) groups is 1. The van der Waals surface area contributed by atoms with Crippen molar-refractivity contribution < 1.29 is 9.53 Å². The van der Waals surface area contributed by atoms with Crippen LogP contribution in [0.4, 0.5) is 11.4 Å². The van der Waals surface area contributed by atoms with Gasteiger partial charge in [0, 0.05) is 30.4 Å². The third kappa shape index (κ3) is 3.46. The zero-order valence-electron chi connectivity index (χ0n) is 13.8. The number of carbonyl (C=O) groups excluding carboxylic acids is 1. The van der Waals surface area contributed by atoms with E-state index in [1.807, 2.05) is 13.0 Å². The maximum atomic E-state index is 12.6. The Morgan fingerprint density at radius 3 is 2.71 bits per heavy atom. The second-order valence-corrected chi connectivity index (χ2v) is 6.29. The molecule has 0 spiro atoms. The number of methoxy groups -OCH3 is 1. The fourth-order valence-electron chi connectivity index (χ4n) is 2.82. The van der Waals surface area contributed by atoms with Crippen molar-refractivity contribution in [1.82, 2.24) is 4.98 Å². The van der Waals surface area contributed by atoms with Crippen LogP contribution in [-0.4, -0.2) is 31.1 Å². The van der Waals surface area contributed by atoms with Crippen LogP contribution < -0.4 is 15.0 Å². The highest BCUT2D eigenvalue weighted by Crippen LogP contribution is 2.31. The fourth-order valence-corrected chi connectivity index (χ4v) is 2.98. The molecule has 6 heteroatoms. The monoisotopic (exact) mass is 345 g/mol. The smallest absolute Gasteiger partial charge is 0.257 e. The van der Waals surface area contributed by atoms with E-state index in [9.17, 15) is 4.79 Å². The van der Waals surface area contributed by atoms with Gasteiger partial charge in [0.1, 0.15) is 5.75 Å². The van der Waals surface area contributed by atoms with Gasteiger partial charge in [-0.15, -0.1) is 0 Å². The molecule has 1 fully saturated rings. The normalized spacial score (nSPS) is 13.9. The maximum Gasteiger partial charge on any atom is 0.257 e. The number of nitrogens with zero attached hydrogens (tertiary/aromatic N) is 2. The minimum atomic E-state index is -0.219. The van der Waals surface area contributed by atoms with Crippen LogP contribution in [0.3, 0.4) is 0 Å². The van der Waals surface area contributed by atoms with E-state index in [2.05, 4.69) is 15.2 Å². The predicted molar refractivity (Wildman–Crippen MR) is 96.4 cm³/mol. The topological polar surface area (TPSA) is 54.5 Å². The number of aryl methyl sites for hydroxylation is 1. The third-order valence-electron chi connectivity index (χ3n) is 4.19. The van der Waals surface area contributed by atoms with Crippen LogP contribution in [-0.2, 0) is 0 Å². The lowest BCUT2D eigenvalue weighted by Gasteiger charge is -2.18. The van der Waals surface area contributed by atoms with Crippen molar-refractivity contribution in [2.75, 3.05) is 30.4 Å². The Morgan fingerprint density at radius 1 is 1.25 bits per heavy atom. The average molecular weight is 346 g/mol. The highest BCUT2D eigenvalue weighted by atomic mass is 35.5. The summed E-state index contributed by atoms with van der Waals surface area (Å²) >= 11 is 6.10. The van der Waals surface area contributed by atoms with E-state index < -0.39 is 0 Å². The lowest BCUT2D eigenvalue weighted by atomic mass is 10.2. The number of benzene rings is 1. The van der Waals surface area contributed by atoms with Gasteiger partial charge >= 0.3 is 0 Å². The standard InChI is InChI=1S/C18H20ClN3O2/c1-12-7-16(17(24-2)9-15(12)19)21-18(23)13-8-14(11-20-10-13)22-5-3-4-6-22/h7-11H,3-6H2,1-2H3,(H,21,23). The number of rotatable bonds is 4. The summed E-state index contributed by atoms with van der Waals surface area (Å²) in [5.41, 5.74) is 2.97. The van der Waals surface area contributed by atoms with E-state index in [4.69, 9.17) is 16.3 Å². The predicted octanol–water partition coefficient (Wildman–Crippen LogP) is 3.90. The largest absolute Gasteiger partial charge is 0.495 e. The number of amides is 1. The Kier molecular flexibility index (Phi) is 4.90. The molecule has 24 heavy (non-hydrogen) atoms. The number of pyridine rings is 1. The number of nitrogens with one attached hydrogen (secondary N) is 1. The molecule has 3 rings (SSSR count). The highest BCUT2D eigenvalue weighted by Gasteiger charge is 2.16. The number of halogens is 1. The minimum Gasteiger partial charge on any atom is -0.495 e. The zero-order valence-corrected chi connectivity index (χ0v) is 14.6. The minimum absolute atomic E-state index is 0.219. The van der Waals surface area contributed by atoms with Gasteiger partial charge in [0.2, 0.25) is 0 Å². The van der Waals surface area contributed by atoms with Crippen molar-refractivity contribution in [1.29, 1.82) is 0 Å². The molecule has 2 aromatic rings. The van der Waals surface area contributed by atoms with Crippen LogP contribution in [0.1, 0.15) is 28.8 Å². The van der Waals surface area contributed by atoms with Gasteiger partial charge in [0.15, 0.2) is 0 Å². The van der Waals surface area contributed by atoms with Crippen molar-refractivity contribution in [3.63, 3.8) is 0 Å². The summed E-state index contributed by atoms with van der Waals surface area (Å²) in [6, 6.07) is 5.38. The summed E-state index contributed by atoms with van der Waals surface area (Å²) in [5.74, 6) is 0.311. The molecule has 1 amide bonds. The Hall–Kier alpha value is -2.27. The molecule has 126 valence electrons. The van der Waals surface area contributed by atoms with Gasteiger partial charge in [0.05, 0.1) is 30.2 Å². The SMILES string of the molecule is COc1cc(Cl)c(C)cc1NC(=O)c1cncc(N2CCCC2)c1. The molecule has 0 bridgehead atoms. The van der Waals surface area contributed by atoms with Gasteiger partial charge < -0.3 is 15.0 Å². The molecule has 0 unspecified atom stereocenters. The molecule has 0 saturated carbocycles. The zero-order chi connectivity index (χ0) is 17.1. The average Bonchev–Trinajstić information content (AvgIpc) is 3.12. The molecular weight excluding hydrogens is 326 g/mol. The second-order valence-electron chi connectivity index (χ2n) is 5.88. The molecule has 0 aliphatic carbocycles. The first-order valence-corrected chi connectivity index (χ1v) is 8.32. The lowest BCUT2D eigenvalue weighted by Crippen LogP contribution is -2.19. The van der Waals surface area contributed by atoms with E-state index in [1.54, 1.807) is 31.6 Å². The van der Waals surface area contributed by atoms with Gasteiger partial charge in [-0.1, -0.05) is 11.6 Å². The van der Waals surface area contributed by atoms with Gasteiger partial charge in [-0.2, -0.15) is 0 Å². The molecule has 0 radical (unpaired) electrons. The molecule has 1 aliphatic rings. The Morgan fingerprint density at radius 2 is 2.00 bits per heavy atom. The summed E-state index contributed by atoms with van der Waals surface area (Å²) in [5, 5.41) is 3.48. The number of hydrogen-bond acceptors (Lipinski definition) is 4. The van der Waals surface area contributed by atoms with Gasteiger partial charge in [-0.05, 0) is 37.5 Å². The van der Waals surface area contributed by atoms with Crippen LogP contribution in [0.2, 0.25) is 5.02 Å². The Bertz CT molecular complexity index is 758. The molecule has 1 aromatic heterocycles. The molecule has 2 heterocycles. The first-order valence-electron chi connectivity index (χ1n) is 7.94. The van der Waals surface area contributed by atoms with Crippen molar-refractivity contribution in [3.05, 3.63) is 46.7 Å². The van der Waals surface area contributed by atoms with Crippen LogP contribution in [0.15, 0.2) is 30.6 Å². The Labute approximate surface area is 146 Å². The molecule has 1 aliphatic heterocycles. The highest BCUT2D eigenvalue weighted by molar-refractivity contribution is 6.31. The van der Waals surface area contributed by atoms with Crippen LogP contribution >= 0.6 is 11.6 Å². The van der Waals surface area contributed by atoms with Crippen molar-refractivity contribution >= 4 is 28.9 Å². The maximum absolute atomic E-state index is 12.6. The first-order chi connectivity index (χ1) is 11.6. The second kappa shape index (κ2) is 7.09. The Balaban J connectivity index is 1.82. The molecular formula is C18H20ClN3O2. The quantitative estimate of drug-likeness (QED) is 0.913. The van der Waals surface area contributed by atoms with E-state index >= 15 is 0 Å². The third-order valence-corrected chi connectivity index (χ3v) is 4.59. The van der Waals surface area contributed by atoms with Gasteiger partial charge in [0.25, 0.3) is 5.91 Å². The number of hydrogen-bond donors (Lipinski definition) is 1. The summed E-state index contributed by atoms with van der Waals surface area (Å²) in [4.78, 5) is 19.0. The first kappa shape index (κ1) is 16.6. The molecule has 1 saturated heterocycles. The molecule has 0 atom stereocenters. The summed E-state index contributed by atoms with van der Waals surface area (Å²) in [7, 11) is 1.55. The van der Waals surface area contributed by atoms with Gasteiger partial charge in [-0.3, -0.25) is 9.78 Å². The molecule has 5 nitrogen and oxygen atoms in total. The summed E-state index contributed by atoms with van der Waals surface area (Å²) < 4.78 is 5.30.